The fourth-order valence-corrected chi connectivity index (χ4v) is 2.62. The molecule has 0 saturated heterocycles. The molecular formula is C21H27NO2. The van der Waals surface area contributed by atoms with E-state index in [1.807, 2.05) is 13.8 Å². The van der Waals surface area contributed by atoms with Gasteiger partial charge in [-0.1, -0.05) is 67.9 Å². The second-order valence-electron chi connectivity index (χ2n) is 6.78. The van der Waals surface area contributed by atoms with E-state index in [1.165, 1.54) is 22.3 Å². The van der Waals surface area contributed by atoms with Crippen molar-refractivity contribution in [3.8, 4) is 11.1 Å². The normalized spacial score (nSPS) is 10.9. The van der Waals surface area contributed by atoms with Crippen molar-refractivity contribution in [2.45, 2.75) is 40.0 Å². The summed E-state index contributed by atoms with van der Waals surface area (Å²) in [5.41, 5.74) is 4.90. The van der Waals surface area contributed by atoms with Crippen molar-refractivity contribution < 1.29 is 10.0 Å². The Balaban J connectivity index is 1.84. The highest BCUT2D eigenvalue weighted by molar-refractivity contribution is 5.75. The number of carbonyl (C=O) groups excluding carboxylic acids is 1. The number of aryl methyl sites for hydroxylation is 2. The first-order chi connectivity index (χ1) is 11.5. The number of carbonyl (C=O) groups is 1. The Labute approximate surface area is 144 Å². The SMILES string of the molecule is Cc1ccc(-c2ccc(CCCN(O)C(=O)CC(C)C)cc2)cc1. The van der Waals surface area contributed by atoms with Crippen molar-refractivity contribution in [1.29, 1.82) is 0 Å². The van der Waals surface area contributed by atoms with Gasteiger partial charge in [-0.15, -0.1) is 0 Å². The molecule has 2 rings (SSSR count). The van der Waals surface area contributed by atoms with E-state index in [4.69, 9.17) is 0 Å². The summed E-state index contributed by atoms with van der Waals surface area (Å²) in [6.45, 7) is 6.41. The third-order valence-corrected chi connectivity index (χ3v) is 4.04. The maximum absolute atomic E-state index is 11.7. The van der Waals surface area contributed by atoms with E-state index in [0.29, 0.717) is 13.0 Å². The molecule has 3 heteroatoms. The Morgan fingerprint density at radius 2 is 1.54 bits per heavy atom. The van der Waals surface area contributed by atoms with E-state index in [1.54, 1.807) is 0 Å². The molecule has 0 saturated carbocycles. The first-order valence-corrected chi connectivity index (χ1v) is 8.61. The average Bonchev–Trinajstić information content (AvgIpc) is 2.55. The summed E-state index contributed by atoms with van der Waals surface area (Å²) in [7, 11) is 0. The Hall–Kier alpha value is -2.13. The van der Waals surface area contributed by atoms with Crippen molar-refractivity contribution >= 4 is 5.91 Å². The molecule has 2 aromatic carbocycles. The third-order valence-electron chi connectivity index (χ3n) is 4.04. The van der Waals surface area contributed by atoms with Crippen LogP contribution in [0.1, 0.15) is 37.8 Å². The van der Waals surface area contributed by atoms with E-state index < -0.39 is 0 Å². The lowest BCUT2D eigenvalue weighted by atomic mass is 10.0. The Morgan fingerprint density at radius 1 is 1.00 bits per heavy atom. The molecule has 0 atom stereocenters. The van der Waals surface area contributed by atoms with Crippen LogP contribution in [0.15, 0.2) is 48.5 Å². The maximum Gasteiger partial charge on any atom is 0.246 e. The van der Waals surface area contributed by atoms with Gasteiger partial charge in [0.2, 0.25) is 5.91 Å². The van der Waals surface area contributed by atoms with Crippen molar-refractivity contribution in [3.63, 3.8) is 0 Å². The lowest BCUT2D eigenvalue weighted by Crippen LogP contribution is -2.29. The lowest BCUT2D eigenvalue weighted by Gasteiger charge is -2.16. The van der Waals surface area contributed by atoms with Gasteiger partial charge in [-0.05, 0) is 42.4 Å². The summed E-state index contributed by atoms with van der Waals surface area (Å²) in [4.78, 5) is 11.7. The maximum atomic E-state index is 11.7. The second kappa shape index (κ2) is 8.65. The molecule has 0 bridgehead atoms. The molecule has 0 aliphatic heterocycles. The highest BCUT2D eigenvalue weighted by Crippen LogP contribution is 2.20. The summed E-state index contributed by atoms with van der Waals surface area (Å²) in [6, 6.07) is 17.0. The fraction of sp³-hybridized carbons (Fsp3) is 0.381. The summed E-state index contributed by atoms with van der Waals surface area (Å²) < 4.78 is 0. The summed E-state index contributed by atoms with van der Waals surface area (Å²) in [5.74, 6) is 0.0705. The van der Waals surface area contributed by atoms with Crippen LogP contribution in [0.25, 0.3) is 11.1 Å². The molecule has 0 aliphatic carbocycles. The second-order valence-corrected chi connectivity index (χ2v) is 6.78. The standard InChI is InChI=1S/C21H27NO2/c1-16(2)15-21(23)22(24)14-4-5-18-8-12-20(13-9-18)19-10-6-17(3)7-11-19/h6-13,16,24H,4-5,14-15H2,1-3H3. The van der Waals surface area contributed by atoms with Crippen molar-refractivity contribution in [3.05, 3.63) is 59.7 Å². The molecule has 0 fully saturated rings. The molecule has 2 aromatic rings. The minimum Gasteiger partial charge on any atom is -0.286 e. The van der Waals surface area contributed by atoms with Crippen LogP contribution in [0, 0.1) is 12.8 Å². The molecule has 0 unspecified atom stereocenters. The number of hydrogen-bond donors (Lipinski definition) is 1. The average molecular weight is 325 g/mol. The van der Waals surface area contributed by atoms with Gasteiger partial charge in [-0.2, -0.15) is 0 Å². The molecule has 0 aliphatic rings. The molecule has 1 N–H and O–H groups in total. The zero-order chi connectivity index (χ0) is 17.5. The predicted molar refractivity (Wildman–Crippen MR) is 97.9 cm³/mol. The summed E-state index contributed by atoms with van der Waals surface area (Å²) >= 11 is 0. The fourth-order valence-electron chi connectivity index (χ4n) is 2.62. The van der Waals surface area contributed by atoms with E-state index in [9.17, 15) is 10.0 Å². The van der Waals surface area contributed by atoms with Gasteiger partial charge in [0.1, 0.15) is 0 Å². The zero-order valence-corrected chi connectivity index (χ0v) is 14.8. The Bertz CT molecular complexity index is 645. The van der Waals surface area contributed by atoms with Gasteiger partial charge < -0.3 is 0 Å². The Morgan fingerprint density at radius 3 is 2.08 bits per heavy atom. The first kappa shape index (κ1) is 18.2. The van der Waals surface area contributed by atoms with Crippen molar-refractivity contribution in [1.82, 2.24) is 5.06 Å². The molecule has 24 heavy (non-hydrogen) atoms. The van der Waals surface area contributed by atoms with Crippen LogP contribution < -0.4 is 0 Å². The highest BCUT2D eigenvalue weighted by atomic mass is 16.5. The first-order valence-electron chi connectivity index (χ1n) is 8.61. The van der Waals surface area contributed by atoms with Crippen molar-refractivity contribution in [2.75, 3.05) is 6.54 Å². The largest absolute Gasteiger partial charge is 0.286 e. The van der Waals surface area contributed by atoms with Gasteiger partial charge >= 0.3 is 0 Å². The number of benzene rings is 2. The molecular weight excluding hydrogens is 298 g/mol. The van der Waals surface area contributed by atoms with Crippen LogP contribution in [0.2, 0.25) is 0 Å². The topological polar surface area (TPSA) is 40.5 Å². The van der Waals surface area contributed by atoms with E-state index in [0.717, 1.165) is 17.9 Å². The Kier molecular flexibility index (Phi) is 6.56. The summed E-state index contributed by atoms with van der Waals surface area (Å²) in [6.07, 6.45) is 1.99. The molecule has 0 radical (unpaired) electrons. The molecule has 0 heterocycles. The minimum absolute atomic E-state index is 0.195. The number of hydroxylamine groups is 2. The van der Waals surface area contributed by atoms with Gasteiger partial charge in [0.25, 0.3) is 0 Å². The smallest absolute Gasteiger partial charge is 0.246 e. The number of nitrogens with zero attached hydrogens (tertiary/aromatic N) is 1. The summed E-state index contributed by atoms with van der Waals surface area (Å²) in [5, 5.41) is 10.6. The van der Waals surface area contributed by atoms with Gasteiger partial charge in [0.15, 0.2) is 0 Å². The number of amides is 1. The minimum atomic E-state index is -0.195. The van der Waals surface area contributed by atoms with Gasteiger partial charge in [0.05, 0.1) is 0 Å². The van der Waals surface area contributed by atoms with Crippen LogP contribution in [-0.2, 0) is 11.2 Å². The van der Waals surface area contributed by atoms with Crippen LogP contribution in [0.5, 0.6) is 0 Å². The predicted octanol–water partition coefficient (Wildman–Crippen LogP) is 4.86. The quantitative estimate of drug-likeness (QED) is 0.583. The monoisotopic (exact) mass is 325 g/mol. The molecule has 1 amide bonds. The highest BCUT2D eigenvalue weighted by Gasteiger charge is 2.12. The van der Waals surface area contributed by atoms with Gasteiger partial charge in [-0.3, -0.25) is 10.0 Å². The number of hydrogen-bond acceptors (Lipinski definition) is 2. The van der Waals surface area contributed by atoms with Crippen LogP contribution in [0.4, 0.5) is 0 Å². The molecule has 0 spiro atoms. The molecule has 3 nitrogen and oxygen atoms in total. The third kappa shape index (κ3) is 5.50. The van der Waals surface area contributed by atoms with Gasteiger partial charge in [-0.25, -0.2) is 5.06 Å². The van der Waals surface area contributed by atoms with Crippen LogP contribution >= 0.6 is 0 Å². The number of rotatable bonds is 7. The van der Waals surface area contributed by atoms with Crippen molar-refractivity contribution in [2.24, 2.45) is 5.92 Å². The van der Waals surface area contributed by atoms with Crippen LogP contribution in [-0.4, -0.2) is 22.7 Å². The molecule has 128 valence electrons. The van der Waals surface area contributed by atoms with Gasteiger partial charge in [0, 0.05) is 13.0 Å². The zero-order valence-electron chi connectivity index (χ0n) is 14.8. The molecule has 0 aromatic heterocycles. The van der Waals surface area contributed by atoms with E-state index in [-0.39, 0.29) is 11.8 Å². The lowest BCUT2D eigenvalue weighted by molar-refractivity contribution is -0.166. The van der Waals surface area contributed by atoms with E-state index in [2.05, 4.69) is 55.5 Å². The van der Waals surface area contributed by atoms with E-state index >= 15 is 0 Å². The van der Waals surface area contributed by atoms with Crippen LogP contribution in [0.3, 0.4) is 0 Å².